The summed E-state index contributed by atoms with van der Waals surface area (Å²) in [6, 6.07) is -0.578. The van der Waals surface area contributed by atoms with Crippen LogP contribution in [-0.2, 0) is 24.3 Å². The highest BCUT2D eigenvalue weighted by Gasteiger charge is 2.48. The summed E-state index contributed by atoms with van der Waals surface area (Å²) in [5.74, 6) is -1.46. The number of nitrogens with zero attached hydrogens (tertiary/aromatic N) is 3. The molecular formula is C13H20N3O6S+. The fourth-order valence-corrected chi connectivity index (χ4v) is 4.52. The van der Waals surface area contributed by atoms with Crippen molar-refractivity contribution in [2.75, 3.05) is 34.3 Å². The molecule has 0 spiro atoms. The van der Waals surface area contributed by atoms with Crippen LogP contribution in [0.4, 0.5) is 4.79 Å². The van der Waals surface area contributed by atoms with Crippen LogP contribution in [-0.4, -0.2) is 85.9 Å². The van der Waals surface area contributed by atoms with Gasteiger partial charge in [0.05, 0.1) is 27.1 Å². The first-order valence-electron chi connectivity index (χ1n) is 7.16. The maximum atomic E-state index is 12.7. The topological polar surface area (TPSA) is 104 Å². The lowest BCUT2D eigenvalue weighted by Gasteiger charge is -2.32. The van der Waals surface area contributed by atoms with Crippen LogP contribution in [0.25, 0.3) is 0 Å². The van der Waals surface area contributed by atoms with Gasteiger partial charge in [0.15, 0.2) is 0 Å². The highest BCUT2D eigenvalue weighted by molar-refractivity contribution is 7.91. The molecule has 2 heterocycles. The van der Waals surface area contributed by atoms with Gasteiger partial charge in [-0.3, -0.25) is 4.79 Å². The molecule has 0 aromatic heterocycles. The fourth-order valence-electron chi connectivity index (χ4n) is 2.73. The lowest BCUT2D eigenvalue weighted by Crippen LogP contribution is -2.57. The van der Waals surface area contributed by atoms with E-state index < -0.39 is 27.2 Å². The third-order valence-electron chi connectivity index (χ3n) is 4.19. The maximum Gasteiger partial charge on any atom is 0.500 e. The van der Waals surface area contributed by atoms with Gasteiger partial charge in [0.2, 0.25) is 15.3 Å². The summed E-state index contributed by atoms with van der Waals surface area (Å²) in [6.45, 7) is 0.280. The van der Waals surface area contributed by atoms with E-state index in [0.29, 0.717) is 12.8 Å². The first-order valence-corrected chi connectivity index (χ1v) is 8.66. The number of rotatable bonds is 3. The first-order chi connectivity index (χ1) is 10.7. The SMILES string of the molecule is COC(=O)C1CCN(S(=O)(=O)C2C=[N+](C)C(=O)N(C)C2=O)CC1. The minimum absolute atomic E-state index is 0.140. The smallest absolute Gasteiger partial charge is 0.469 e. The summed E-state index contributed by atoms with van der Waals surface area (Å²) >= 11 is 0. The molecule has 0 N–H and O–H groups in total. The molecular weight excluding hydrogens is 326 g/mol. The van der Waals surface area contributed by atoms with Crippen molar-refractivity contribution < 1.29 is 32.1 Å². The second-order valence-electron chi connectivity index (χ2n) is 5.60. The number of esters is 1. The van der Waals surface area contributed by atoms with Crippen molar-refractivity contribution in [1.29, 1.82) is 0 Å². The molecule has 0 bridgehead atoms. The van der Waals surface area contributed by atoms with Crippen LogP contribution < -0.4 is 0 Å². The maximum absolute atomic E-state index is 12.7. The first kappa shape index (κ1) is 17.5. The van der Waals surface area contributed by atoms with Crippen molar-refractivity contribution in [2.45, 2.75) is 18.1 Å². The summed E-state index contributed by atoms with van der Waals surface area (Å²) in [6.07, 6.45) is 1.81. The van der Waals surface area contributed by atoms with Crippen molar-refractivity contribution in [3.63, 3.8) is 0 Å². The van der Waals surface area contributed by atoms with Gasteiger partial charge < -0.3 is 4.74 Å². The Morgan fingerprint density at radius 3 is 2.39 bits per heavy atom. The Kier molecular flexibility index (Phi) is 4.85. The molecule has 0 radical (unpaired) electrons. The number of piperidine rings is 1. The Balaban J connectivity index is 2.18. The summed E-state index contributed by atoms with van der Waals surface area (Å²) in [5, 5.41) is -1.43. The minimum atomic E-state index is -3.94. The van der Waals surface area contributed by atoms with E-state index in [2.05, 4.69) is 4.74 Å². The molecule has 3 amide bonds. The second-order valence-corrected chi connectivity index (χ2v) is 7.66. The predicted octanol–water partition coefficient (Wildman–Crippen LogP) is -1.13. The van der Waals surface area contributed by atoms with E-state index in [1.165, 1.54) is 25.5 Å². The number of hydrogen-bond donors (Lipinski definition) is 0. The number of urea groups is 1. The Bertz CT molecular complexity index is 663. The van der Waals surface area contributed by atoms with Crippen molar-refractivity contribution in [2.24, 2.45) is 5.92 Å². The van der Waals surface area contributed by atoms with Gasteiger partial charge in [0.1, 0.15) is 6.21 Å². The van der Waals surface area contributed by atoms with Gasteiger partial charge in [0.25, 0.3) is 0 Å². The number of imide groups is 1. The summed E-state index contributed by atoms with van der Waals surface area (Å²) < 4.78 is 32.3. The summed E-state index contributed by atoms with van der Waals surface area (Å²) in [7, 11) is 0.00686. The molecule has 2 aliphatic rings. The molecule has 23 heavy (non-hydrogen) atoms. The van der Waals surface area contributed by atoms with Crippen LogP contribution >= 0.6 is 0 Å². The lowest BCUT2D eigenvalue weighted by molar-refractivity contribution is -0.399. The van der Waals surface area contributed by atoms with Gasteiger partial charge in [-0.2, -0.15) is 9.69 Å². The third kappa shape index (κ3) is 3.13. The Hall–Kier alpha value is -1.81. The van der Waals surface area contributed by atoms with E-state index in [-0.39, 0.29) is 25.0 Å². The number of methoxy groups -OCH3 is 1. The van der Waals surface area contributed by atoms with Crippen LogP contribution in [0, 0.1) is 5.92 Å². The number of amides is 3. The Morgan fingerprint density at radius 2 is 1.87 bits per heavy atom. The van der Waals surface area contributed by atoms with Crippen LogP contribution in [0.15, 0.2) is 0 Å². The van der Waals surface area contributed by atoms with E-state index in [9.17, 15) is 22.8 Å². The van der Waals surface area contributed by atoms with Crippen molar-refractivity contribution in [1.82, 2.24) is 9.21 Å². The summed E-state index contributed by atoms with van der Waals surface area (Å²) in [5.41, 5.74) is 0. The normalized spacial score (nSPS) is 24.6. The highest BCUT2D eigenvalue weighted by Crippen LogP contribution is 2.23. The van der Waals surface area contributed by atoms with Crippen LogP contribution in [0.2, 0.25) is 0 Å². The number of carbonyl (C=O) groups excluding carboxylic acids is 3. The van der Waals surface area contributed by atoms with Gasteiger partial charge in [-0.1, -0.05) is 0 Å². The predicted molar refractivity (Wildman–Crippen MR) is 79.4 cm³/mol. The van der Waals surface area contributed by atoms with Crippen LogP contribution in [0.3, 0.4) is 0 Å². The van der Waals surface area contributed by atoms with Gasteiger partial charge in [0, 0.05) is 13.1 Å². The van der Waals surface area contributed by atoms with Gasteiger partial charge in [-0.25, -0.2) is 22.1 Å². The fraction of sp³-hybridized carbons (Fsp3) is 0.692. The average molecular weight is 346 g/mol. The zero-order chi connectivity index (χ0) is 17.4. The number of carbonyl (C=O) groups is 3. The van der Waals surface area contributed by atoms with Crippen molar-refractivity contribution in [3.05, 3.63) is 0 Å². The standard InChI is InChI=1S/C13H20N3O6S/c1-14-8-10(11(17)15(2)13(14)19)23(20,21)16-6-4-9(5-7-16)12(18)22-3/h8-10H,4-7H2,1-3H3/q+1. The van der Waals surface area contributed by atoms with Crippen molar-refractivity contribution >= 4 is 34.1 Å². The molecule has 1 fully saturated rings. The lowest BCUT2D eigenvalue weighted by atomic mass is 9.99. The van der Waals surface area contributed by atoms with Gasteiger partial charge >= 0.3 is 17.9 Å². The minimum Gasteiger partial charge on any atom is -0.469 e. The number of ether oxygens (including phenoxy) is 1. The number of sulfonamides is 1. The Morgan fingerprint density at radius 1 is 1.30 bits per heavy atom. The largest absolute Gasteiger partial charge is 0.500 e. The molecule has 128 valence electrons. The molecule has 2 rings (SSSR count). The molecule has 9 nitrogen and oxygen atoms in total. The number of hydrogen-bond acceptors (Lipinski definition) is 6. The van der Waals surface area contributed by atoms with E-state index >= 15 is 0 Å². The monoisotopic (exact) mass is 346 g/mol. The molecule has 1 atom stereocenters. The zero-order valence-electron chi connectivity index (χ0n) is 13.3. The molecule has 0 aromatic rings. The van der Waals surface area contributed by atoms with Crippen molar-refractivity contribution in [3.8, 4) is 0 Å². The van der Waals surface area contributed by atoms with Crippen LogP contribution in [0.1, 0.15) is 12.8 Å². The molecule has 0 aliphatic carbocycles. The average Bonchev–Trinajstić information content (AvgIpc) is 2.55. The van der Waals surface area contributed by atoms with E-state index in [1.807, 2.05) is 0 Å². The van der Waals surface area contributed by atoms with Gasteiger partial charge in [-0.15, -0.1) is 0 Å². The summed E-state index contributed by atoms with van der Waals surface area (Å²) in [4.78, 5) is 36.1. The quantitative estimate of drug-likeness (QED) is 0.473. The molecule has 1 unspecified atom stereocenters. The second kappa shape index (κ2) is 6.36. The highest BCUT2D eigenvalue weighted by atomic mass is 32.2. The molecule has 1 saturated heterocycles. The Labute approximate surface area is 134 Å². The van der Waals surface area contributed by atoms with Gasteiger partial charge in [-0.05, 0) is 12.8 Å². The van der Waals surface area contributed by atoms with E-state index in [0.717, 1.165) is 15.7 Å². The zero-order valence-corrected chi connectivity index (χ0v) is 14.1. The molecule has 10 heteroatoms. The molecule has 0 saturated carbocycles. The molecule has 0 aromatic carbocycles. The van der Waals surface area contributed by atoms with E-state index in [4.69, 9.17) is 0 Å². The van der Waals surface area contributed by atoms with Crippen LogP contribution in [0.5, 0.6) is 0 Å². The van der Waals surface area contributed by atoms with E-state index in [1.54, 1.807) is 0 Å². The third-order valence-corrected chi connectivity index (χ3v) is 6.24. The molecule has 2 aliphatic heterocycles.